The van der Waals surface area contributed by atoms with Crippen LogP contribution in [0, 0.1) is 20.8 Å². The smallest absolute Gasteiger partial charge is 0.257 e. The van der Waals surface area contributed by atoms with E-state index in [4.69, 9.17) is 4.98 Å². The molecule has 6 heteroatoms. The third-order valence-corrected chi connectivity index (χ3v) is 5.19. The van der Waals surface area contributed by atoms with E-state index in [0.29, 0.717) is 0 Å². The van der Waals surface area contributed by atoms with Crippen molar-refractivity contribution in [1.82, 2.24) is 19.7 Å². The van der Waals surface area contributed by atoms with Crippen LogP contribution in [0.15, 0.2) is 12.1 Å². The molecule has 140 valence electrons. The third-order valence-electron chi connectivity index (χ3n) is 5.19. The zero-order chi connectivity index (χ0) is 18.8. The van der Waals surface area contributed by atoms with Crippen LogP contribution >= 0.6 is 0 Å². The van der Waals surface area contributed by atoms with Gasteiger partial charge in [-0.25, -0.2) is 0 Å². The van der Waals surface area contributed by atoms with Crippen LogP contribution in [0.5, 0.6) is 0 Å². The molecule has 1 saturated heterocycles. The second-order valence-corrected chi connectivity index (χ2v) is 7.18. The van der Waals surface area contributed by atoms with E-state index in [-0.39, 0.29) is 11.8 Å². The van der Waals surface area contributed by atoms with E-state index in [9.17, 15) is 4.79 Å². The Bertz CT molecular complexity index is 811. The number of hydrogen-bond donors (Lipinski definition) is 1. The Morgan fingerprint density at radius 2 is 2.08 bits per heavy atom. The van der Waals surface area contributed by atoms with Gasteiger partial charge in [-0.1, -0.05) is 6.92 Å². The molecule has 3 rings (SSSR count). The number of amides is 1. The van der Waals surface area contributed by atoms with Gasteiger partial charge in [0.2, 0.25) is 0 Å². The molecular formula is C20H29N5O. The monoisotopic (exact) mass is 355 g/mol. The second kappa shape index (κ2) is 7.48. The van der Waals surface area contributed by atoms with Crippen molar-refractivity contribution >= 4 is 11.6 Å². The van der Waals surface area contributed by atoms with Crippen molar-refractivity contribution in [1.29, 1.82) is 0 Å². The molecule has 0 aromatic carbocycles. The standard InChI is InChI=1S/C20H29N5O/c1-6-8-25-15(4)19(14(3)23-25)20(26)24-9-7-16(12-24)18-11-17(21-5)10-13(2)22-18/h10-11,16H,6-9,12H2,1-5H3,(H,21,22)/t16-/m0/s1. The Morgan fingerprint density at radius 3 is 2.77 bits per heavy atom. The van der Waals surface area contributed by atoms with Gasteiger partial charge in [0.25, 0.3) is 5.91 Å². The van der Waals surface area contributed by atoms with Gasteiger partial charge in [-0.2, -0.15) is 5.10 Å². The van der Waals surface area contributed by atoms with Crippen LogP contribution in [-0.2, 0) is 6.54 Å². The summed E-state index contributed by atoms with van der Waals surface area (Å²) in [7, 11) is 1.92. The van der Waals surface area contributed by atoms with Gasteiger partial charge in [0.1, 0.15) is 0 Å². The van der Waals surface area contributed by atoms with Crippen LogP contribution in [0.2, 0.25) is 0 Å². The molecule has 0 radical (unpaired) electrons. The number of carbonyl (C=O) groups is 1. The van der Waals surface area contributed by atoms with Crippen LogP contribution in [0.3, 0.4) is 0 Å². The van der Waals surface area contributed by atoms with E-state index in [1.807, 2.05) is 43.5 Å². The van der Waals surface area contributed by atoms with Gasteiger partial charge in [-0.3, -0.25) is 14.5 Å². The van der Waals surface area contributed by atoms with Gasteiger partial charge in [0.05, 0.1) is 11.3 Å². The summed E-state index contributed by atoms with van der Waals surface area (Å²) in [5.74, 6) is 0.392. The van der Waals surface area contributed by atoms with E-state index in [1.54, 1.807) is 0 Å². The average Bonchev–Trinajstić information content (AvgIpc) is 3.20. The first-order valence-corrected chi connectivity index (χ1v) is 9.44. The van der Waals surface area contributed by atoms with Crippen LogP contribution in [0.1, 0.15) is 58.8 Å². The van der Waals surface area contributed by atoms with Gasteiger partial charge < -0.3 is 10.2 Å². The van der Waals surface area contributed by atoms with E-state index in [2.05, 4.69) is 23.4 Å². The first kappa shape index (κ1) is 18.4. The predicted molar refractivity (Wildman–Crippen MR) is 104 cm³/mol. The van der Waals surface area contributed by atoms with E-state index in [1.165, 1.54) is 0 Å². The van der Waals surface area contributed by atoms with E-state index in [0.717, 1.165) is 66.5 Å². The van der Waals surface area contributed by atoms with Gasteiger partial charge >= 0.3 is 0 Å². The fourth-order valence-corrected chi connectivity index (χ4v) is 3.83. The van der Waals surface area contributed by atoms with Crippen LogP contribution in [0.25, 0.3) is 0 Å². The van der Waals surface area contributed by atoms with Gasteiger partial charge in [0.15, 0.2) is 0 Å². The van der Waals surface area contributed by atoms with Crippen LogP contribution in [-0.4, -0.2) is 45.7 Å². The molecule has 1 atom stereocenters. The third kappa shape index (κ3) is 3.45. The van der Waals surface area contributed by atoms with Crippen LogP contribution < -0.4 is 5.32 Å². The zero-order valence-corrected chi connectivity index (χ0v) is 16.5. The minimum atomic E-state index is 0.103. The fourth-order valence-electron chi connectivity index (χ4n) is 3.83. The summed E-state index contributed by atoms with van der Waals surface area (Å²) in [6.07, 6.45) is 1.96. The van der Waals surface area contributed by atoms with Gasteiger partial charge in [-0.15, -0.1) is 0 Å². The van der Waals surface area contributed by atoms with E-state index < -0.39 is 0 Å². The highest BCUT2D eigenvalue weighted by atomic mass is 16.2. The average molecular weight is 355 g/mol. The summed E-state index contributed by atoms with van der Waals surface area (Å²) in [5.41, 5.74) is 5.72. The SMILES string of the molecule is CCCn1nc(C)c(C(=O)N2CC[C@H](c3cc(NC)cc(C)n3)C2)c1C. The number of nitrogens with one attached hydrogen (secondary N) is 1. The summed E-state index contributed by atoms with van der Waals surface area (Å²) in [5, 5.41) is 7.74. The summed E-state index contributed by atoms with van der Waals surface area (Å²) < 4.78 is 1.96. The highest BCUT2D eigenvalue weighted by Crippen LogP contribution is 2.29. The molecular weight excluding hydrogens is 326 g/mol. The summed E-state index contributed by atoms with van der Waals surface area (Å²) in [6.45, 7) is 10.4. The first-order valence-electron chi connectivity index (χ1n) is 9.44. The maximum absolute atomic E-state index is 13.1. The molecule has 2 aromatic heterocycles. The largest absolute Gasteiger partial charge is 0.388 e. The van der Waals surface area contributed by atoms with Crippen molar-refractivity contribution in [3.63, 3.8) is 0 Å². The molecule has 0 aliphatic carbocycles. The number of aromatic nitrogens is 3. The van der Waals surface area contributed by atoms with E-state index >= 15 is 0 Å². The maximum Gasteiger partial charge on any atom is 0.257 e. The lowest BCUT2D eigenvalue weighted by molar-refractivity contribution is 0.0789. The Hall–Kier alpha value is -2.37. The molecule has 1 aliphatic heterocycles. The molecule has 6 nitrogen and oxygen atoms in total. The normalized spacial score (nSPS) is 17.0. The quantitative estimate of drug-likeness (QED) is 0.894. The number of pyridine rings is 1. The van der Waals surface area contributed by atoms with Crippen molar-refractivity contribution in [2.75, 3.05) is 25.5 Å². The van der Waals surface area contributed by atoms with Crippen LogP contribution in [0.4, 0.5) is 5.69 Å². The molecule has 26 heavy (non-hydrogen) atoms. The fraction of sp³-hybridized carbons (Fsp3) is 0.550. The van der Waals surface area contributed by atoms with Crippen molar-refractivity contribution in [3.05, 3.63) is 40.5 Å². The molecule has 0 saturated carbocycles. The number of likely N-dealkylation sites (tertiary alicyclic amines) is 1. The highest BCUT2D eigenvalue weighted by Gasteiger charge is 2.31. The molecule has 2 aromatic rings. The molecule has 3 heterocycles. The molecule has 0 spiro atoms. The van der Waals surface area contributed by atoms with Crippen molar-refractivity contribution in [2.45, 2.75) is 53.0 Å². The Morgan fingerprint density at radius 1 is 1.31 bits per heavy atom. The Balaban J connectivity index is 1.79. The lowest BCUT2D eigenvalue weighted by Crippen LogP contribution is -2.29. The molecule has 1 fully saturated rings. The molecule has 0 unspecified atom stereocenters. The first-order chi connectivity index (χ1) is 12.4. The van der Waals surface area contributed by atoms with Crippen molar-refractivity contribution < 1.29 is 4.79 Å². The Labute approximate surface area is 155 Å². The number of hydrogen-bond acceptors (Lipinski definition) is 4. The number of anilines is 1. The lowest BCUT2D eigenvalue weighted by Gasteiger charge is -2.17. The summed E-state index contributed by atoms with van der Waals surface area (Å²) in [4.78, 5) is 19.8. The second-order valence-electron chi connectivity index (χ2n) is 7.18. The minimum absolute atomic E-state index is 0.103. The number of aryl methyl sites for hydroxylation is 3. The Kier molecular flexibility index (Phi) is 5.30. The summed E-state index contributed by atoms with van der Waals surface area (Å²) in [6, 6.07) is 4.14. The number of carbonyl (C=O) groups excluding carboxylic acids is 1. The molecule has 1 amide bonds. The highest BCUT2D eigenvalue weighted by molar-refractivity contribution is 5.96. The lowest BCUT2D eigenvalue weighted by atomic mass is 10.0. The van der Waals surface area contributed by atoms with Gasteiger partial charge in [0, 0.05) is 55.4 Å². The number of nitrogens with zero attached hydrogens (tertiary/aromatic N) is 4. The van der Waals surface area contributed by atoms with Gasteiger partial charge in [-0.05, 0) is 45.7 Å². The predicted octanol–water partition coefficient (Wildman–Crippen LogP) is 3.28. The summed E-state index contributed by atoms with van der Waals surface area (Å²) >= 11 is 0. The molecule has 1 aliphatic rings. The molecule has 0 bridgehead atoms. The topological polar surface area (TPSA) is 63.1 Å². The number of rotatable bonds is 5. The minimum Gasteiger partial charge on any atom is -0.388 e. The van der Waals surface area contributed by atoms with Crippen molar-refractivity contribution in [3.8, 4) is 0 Å². The zero-order valence-electron chi connectivity index (χ0n) is 16.5. The maximum atomic E-state index is 13.1. The molecule has 1 N–H and O–H groups in total. The van der Waals surface area contributed by atoms with Crippen molar-refractivity contribution in [2.24, 2.45) is 0 Å².